The van der Waals surface area contributed by atoms with Gasteiger partial charge in [-0.25, -0.2) is 13.8 Å². The summed E-state index contributed by atoms with van der Waals surface area (Å²) in [5, 5.41) is 0. The van der Waals surface area contributed by atoms with Crippen LogP contribution < -0.4 is 5.73 Å². The van der Waals surface area contributed by atoms with Crippen LogP contribution in [0.15, 0.2) is 22.9 Å². The number of hydrogen-bond donors (Lipinski definition) is 2. The highest BCUT2D eigenvalue weighted by atomic mass is 79.9. The van der Waals surface area contributed by atoms with E-state index in [1.165, 1.54) is 6.07 Å². The molecule has 2 rings (SSSR count). The third kappa shape index (κ3) is 2.53. The lowest BCUT2D eigenvalue weighted by atomic mass is 10.1. The second-order valence-corrected chi connectivity index (χ2v) is 4.27. The minimum Gasteiger partial charge on any atom is -0.336 e. The van der Waals surface area contributed by atoms with Gasteiger partial charge in [-0.1, -0.05) is 0 Å². The number of aromatic nitrogens is 2. The van der Waals surface area contributed by atoms with Gasteiger partial charge in [-0.15, -0.1) is 0 Å². The topological polar surface area (TPSA) is 54.7 Å². The Kier molecular flexibility index (Phi) is 3.54. The molecule has 0 radical (unpaired) electrons. The van der Waals surface area contributed by atoms with Gasteiger partial charge in [-0.05, 0) is 40.7 Å². The number of halogens is 3. The molecule has 0 saturated carbocycles. The molecule has 6 heteroatoms. The molecule has 0 aliphatic rings. The Balaban J connectivity index is 2.47. The van der Waals surface area contributed by atoms with Gasteiger partial charge in [0.1, 0.15) is 0 Å². The molecule has 0 amide bonds. The second-order valence-electron chi connectivity index (χ2n) is 3.52. The van der Waals surface area contributed by atoms with Crippen molar-refractivity contribution in [1.29, 1.82) is 0 Å². The maximum atomic E-state index is 13.1. The summed E-state index contributed by atoms with van der Waals surface area (Å²) in [5.74, 6) is -1.76. The average Bonchev–Trinajstić information content (AvgIpc) is 2.64. The molecule has 0 unspecified atom stereocenters. The molecule has 1 aromatic carbocycles. The molecule has 1 aromatic heterocycles. The Hall–Kier alpha value is -1.27. The van der Waals surface area contributed by atoms with Crippen LogP contribution in [-0.4, -0.2) is 16.5 Å². The van der Waals surface area contributed by atoms with Crippen LogP contribution in [0.3, 0.4) is 0 Å². The maximum absolute atomic E-state index is 13.1. The van der Waals surface area contributed by atoms with Gasteiger partial charge < -0.3 is 10.7 Å². The van der Waals surface area contributed by atoms with Crippen LogP contribution in [0.25, 0.3) is 11.3 Å². The lowest BCUT2D eigenvalue weighted by molar-refractivity contribution is 0.509. The summed E-state index contributed by atoms with van der Waals surface area (Å²) < 4.78 is 26.5. The molecule has 0 aliphatic carbocycles. The number of nitrogens with two attached hydrogens (primary N) is 1. The Morgan fingerprint density at radius 3 is 2.71 bits per heavy atom. The van der Waals surface area contributed by atoms with Crippen molar-refractivity contribution in [1.82, 2.24) is 9.97 Å². The second kappa shape index (κ2) is 4.93. The largest absolute Gasteiger partial charge is 0.336 e. The molecular weight excluding hydrogens is 292 g/mol. The molecule has 0 atom stereocenters. The molecule has 0 saturated heterocycles. The van der Waals surface area contributed by atoms with E-state index in [0.717, 1.165) is 17.8 Å². The molecule has 0 spiro atoms. The van der Waals surface area contributed by atoms with Gasteiger partial charge in [0.15, 0.2) is 16.4 Å². The number of nitrogens with zero attached hydrogens (tertiary/aromatic N) is 1. The van der Waals surface area contributed by atoms with E-state index in [0.29, 0.717) is 29.0 Å². The number of H-pyrrole nitrogens is 1. The predicted molar refractivity (Wildman–Crippen MR) is 64.4 cm³/mol. The lowest BCUT2D eigenvalue weighted by Crippen LogP contribution is -2.04. The summed E-state index contributed by atoms with van der Waals surface area (Å²) in [6.07, 6.45) is 0.590. The lowest BCUT2D eigenvalue weighted by Gasteiger charge is -2.02. The van der Waals surface area contributed by atoms with Crippen LogP contribution >= 0.6 is 15.9 Å². The number of imidazole rings is 1. The first-order valence-electron chi connectivity index (χ1n) is 5.01. The van der Waals surface area contributed by atoms with E-state index >= 15 is 0 Å². The van der Waals surface area contributed by atoms with Crippen molar-refractivity contribution in [3.05, 3.63) is 40.3 Å². The van der Waals surface area contributed by atoms with Gasteiger partial charge in [0.25, 0.3) is 0 Å². The minimum atomic E-state index is -0.889. The van der Waals surface area contributed by atoms with Crippen LogP contribution in [0.5, 0.6) is 0 Å². The Morgan fingerprint density at radius 1 is 1.29 bits per heavy atom. The Bertz CT molecular complexity index is 540. The van der Waals surface area contributed by atoms with Crippen molar-refractivity contribution in [2.75, 3.05) is 6.54 Å². The fourth-order valence-corrected chi connectivity index (χ4v) is 2.00. The molecule has 0 bridgehead atoms. The smallest absolute Gasteiger partial charge is 0.175 e. The summed E-state index contributed by atoms with van der Waals surface area (Å²) in [6, 6.07) is 3.69. The zero-order chi connectivity index (χ0) is 12.4. The highest BCUT2D eigenvalue weighted by Gasteiger charge is 2.12. The fourth-order valence-electron chi connectivity index (χ4n) is 1.58. The molecule has 2 aromatic rings. The number of hydrogen-bond acceptors (Lipinski definition) is 2. The monoisotopic (exact) mass is 301 g/mol. The highest BCUT2D eigenvalue weighted by molar-refractivity contribution is 9.10. The van der Waals surface area contributed by atoms with Crippen LogP contribution in [0.2, 0.25) is 0 Å². The van der Waals surface area contributed by atoms with Gasteiger partial charge in [-0.2, -0.15) is 0 Å². The molecule has 3 N–H and O–H groups in total. The van der Waals surface area contributed by atoms with Crippen molar-refractivity contribution < 1.29 is 8.78 Å². The quantitative estimate of drug-likeness (QED) is 0.915. The van der Waals surface area contributed by atoms with Gasteiger partial charge in [-0.3, -0.25) is 0 Å². The summed E-state index contributed by atoms with van der Waals surface area (Å²) in [7, 11) is 0. The molecule has 1 heterocycles. The summed E-state index contributed by atoms with van der Waals surface area (Å²) >= 11 is 3.21. The fraction of sp³-hybridized carbons (Fsp3) is 0.182. The number of aromatic amines is 1. The summed E-state index contributed by atoms with van der Waals surface area (Å²) in [6.45, 7) is 0.450. The van der Waals surface area contributed by atoms with E-state index in [1.54, 1.807) is 0 Å². The van der Waals surface area contributed by atoms with Crippen molar-refractivity contribution in [2.24, 2.45) is 5.73 Å². The van der Waals surface area contributed by atoms with Crippen molar-refractivity contribution >= 4 is 15.9 Å². The van der Waals surface area contributed by atoms with E-state index < -0.39 is 11.6 Å². The molecule has 0 aliphatic heterocycles. The normalized spacial score (nSPS) is 10.8. The summed E-state index contributed by atoms with van der Waals surface area (Å²) in [5.41, 5.74) is 7.38. The van der Waals surface area contributed by atoms with E-state index in [2.05, 4.69) is 25.9 Å². The van der Waals surface area contributed by atoms with Gasteiger partial charge in [0.2, 0.25) is 0 Å². The van der Waals surface area contributed by atoms with Crippen LogP contribution in [0.4, 0.5) is 8.78 Å². The number of benzene rings is 1. The van der Waals surface area contributed by atoms with Crippen molar-refractivity contribution in [3.63, 3.8) is 0 Å². The zero-order valence-electron chi connectivity index (χ0n) is 8.80. The first-order valence-corrected chi connectivity index (χ1v) is 5.81. The standard InChI is InChI=1S/C11H10BrF2N3/c12-11-16-9(3-4-15)10(17-11)6-1-2-7(13)8(14)5-6/h1-2,5H,3-4,15H2,(H,16,17). The third-order valence-corrected chi connectivity index (χ3v) is 2.71. The Morgan fingerprint density at radius 2 is 2.06 bits per heavy atom. The van der Waals surface area contributed by atoms with Gasteiger partial charge >= 0.3 is 0 Å². The van der Waals surface area contributed by atoms with Crippen molar-refractivity contribution in [2.45, 2.75) is 6.42 Å². The maximum Gasteiger partial charge on any atom is 0.175 e. The predicted octanol–water partition coefficient (Wildman–Crippen LogP) is 2.62. The number of nitrogens with one attached hydrogen (secondary N) is 1. The van der Waals surface area contributed by atoms with Crippen LogP contribution in [0.1, 0.15) is 5.69 Å². The first-order chi connectivity index (χ1) is 8.11. The molecular formula is C11H10BrF2N3. The first kappa shape index (κ1) is 12.2. The third-order valence-electron chi connectivity index (χ3n) is 2.34. The molecule has 90 valence electrons. The molecule has 0 fully saturated rings. The zero-order valence-corrected chi connectivity index (χ0v) is 10.4. The van der Waals surface area contributed by atoms with Gasteiger partial charge in [0.05, 0.1) is 5.69 Å². The number of rotatable bonds is 3. The van der Waals surface area contributed by atoms with Crippen LogP contribution in [-0.2, 0) is 6.42 Å². The average molecular weight is 302 g/mol. The van der Waals surface area contributed by atoms with Crippen molar-refractivity contribution in [3.8, 4) is 11.3 Å². The molecule has 17 heavy (non-hydrogen) atoms. The van der Waals surface area contributed by atoms with Gasteiger partial charge in [0, 0.05) is 17.7 Å². The Labute approximate surface area is 105 Å². The van der Waals surface area contributed by atoms with E-state index in [9.17, 15) is 8.78 Å². The SMILES string of the molecule is NCCc1[nH]c(Br)nc1-c1ccc(F)c(F)c1. The van der Waals surface area contributed by atoms with E-state index in [-0.39, 0.29) is 0 Å². The van der Waals surface area contributed by atoms with E-state index in [4.69, 9.17) is 5.73 Å². The molecule has 3 nitrogen and oxygen atoms in total. The van der Waals surface area contributed by atoms with E-state index in [1.807, 2.05) is 0 Å². The van der Waals surface area contributed by atoms with Crippen LogP contribution in [0, 0.1) is 11.6 Å². The highest BCUT2D eigenvalue weighted by Crippen LogP contribution is 2.25. The minimum absolute atomic E-state index is 0.450. The summed E-state index contributed by atoms with van der Waals surface area (Å²) in [4.78, 5) is 7.17.